The Kier molecular flexibility index (Phi) is 5.59. The predicted octanol–water partition coefficient (Wildman–Crippen LogP) is 4.26. The first kappa shape index (κ1) is 17.3. The third-order valence-corrected chi connectivity index (χ3v) is 4.63. The maximum atomic E-state index is 12.4. The molecule has 0 bridgehead atoms. The van der Waals surface area contributed by atoms with Gasteiger partial charge in [0.2, 0.25) is 0 Å². The summed E-state index contributed by atoms with van der Waals surface area (Å²) in [4.78, 5) is 14.8. The fourth-order valence-electron chi connectivity index (χ4n) is 3.13. The molecule has 2 aromatic rings. The standard InChI is InChI=1S/C21H26N2O2/c1-3-17-8-4-5-9-20(17)25-16(2)21(24)22-18-10-12-19(13-11-18)23-14-6-7-15-23/h4-5,8-13,16H,3,6-7,14-15H2,1-2H3,(H,22,24)/t16-/m0/s1. The van der Waals surface area contributed by atoms with Crippen LogP contribution in [0.3, 0.4) is 0 Å². The van der Waals surface area contributed by atoms with Gasteiger partial charge in [0.15, 0.2) is 6.10 Å². The summed E-state index contributed by atoms with van der Waals surface area (Å²) in [6.45, 7) is 6.09. The molecule has 0 unspecified atom stereocenters. The molecular formula is C21H26N2O2. The number of carbonyl (C=O) groups excluding carboxylic acids is 1. The van der Waals surface area contributed by atoms with Crippen molar-refractivity contribution < 1.29 is 9.53 Å². The molecule has 4 heteroatoms. The lowest BCUT2D eigenvalue weighted by Gasteiger charge is -2.19. The highest BCUT2D eigenvalue weighted by Crippen LogP contribution is 2.23. The number of para-hydroxylation sites is 1. The van der Waals surface area contributed by atoms with Gasteiger partial charge in [0.05, 0.1) is 0 Å². The van der Waals surface area contributed by atoms with E-state index in [0.717, 1.165) is 36.5 Å². The van der Waals surface area contributed by atoms with Gasteiger partial charge >= 0.3 is 0 Å². The average Bonchev–Trinajstić information content (AvgIpc) is 3.17. The van der Waals surface area contributed by atoms with E-state index in [1.165, 1.54) is 18.5 Å². The van der Waals surface area contributed by atoms with Crippen LogP contribution in [0.2, 0.25) is 0 Å². The van der Waals surface area contributed by atoms with Crippen LogP contribution in [0.4, 0.5) is 11.4 Å². The molecule has 0 radical (unpaired) electrons. The summed E-state index contributed by atoms with van der Waals surface area (Å²) in [5.74, 6) is 0.636. The third kappa shape index (κ3) is 4.32. The van der Waals surface area contributed by atoms with E-state index >= 15 is 0 Å². The number of benzene rings is 2. The molecule has 0 aliphatic carbocycles. The number of nitrogens with one attached hydrogen (secondary N) is 1. The summed E-state index contributed by atoms with van der Waals surface area (Å²) in [7, 11) is 0. The Balaban J connectivity index is 1.59. The van der Waals surface area contributed by atoms with Gasteiger partial charge in [0.1, 0.15) is 5.75 Å². The second-order valence-electron chi connectivity index (χ2n) is 6.45. The molecule has 25 heavy (non-hydrogen) atoms. The number of carbonyl (C=O) groups is 1. The van der Waals surface area contributed by atoms with Gasteiger partial charge in [-0.25, -0.2) is 0 Å². The molecule has 1 aliphatic rings. The van der Waals surface area contributed by atoms with Crippen molar-refractivity contribution >= 4 is 17.3 Å². The van der Waals surface area contributed by atoms with Crippen molar-refractivity contribution in [2.75, 3.05) is 23.3 Å². The summed E-state index contributed by atoms with van der Waals surface area (Å²) < 4.78 is 5.86. The monoisotopic (exact) mass is 338 g/mol. The fraction of sp³-hybridized carbons (Fsp3) is 0.381. The van der Waals surface area contributed by atoms with Crippen LogP contribution in [0.1, 0.15) is 32.3 Å². The Labute approximate surface area is 149 Å². The van der Waals surface area contributed by atoms with Crippen molar-refractivity contribution in [2.24, 2.45) is 0 Å². The first-order chi connectivity index (χ1) is 12.2. The van der Waals surface area contributed by atoms with Gasteiger partial charge in [-0.05, 0) is 62.1 Å². The molecule has 1 N–H and O–H groups in total. The van der Waals surface area contributed by atoms with Gasteiger partial charge in [-0.3, -0.25) is 4.79 Å². The molecule has 0 spiro atoms. The molecule has 0 aromatic heterocycles. The van der Waals surface area contributed by atoms with Crippen LogP contribution >= 0.6 is 0 Å². The minimum Gasteiger partial charge on any atom is -0.481 e. The molecule has 1 aliphatic heterocycles. The van der Waals surface area contributed by atoms with Gasteiger partial charge in [0, 0.05) is 24.5 Å². The van der Waals surface area contributed by atoms with Crippen molar-refractivity contribution in [3.63, 3.8) is 0 Å². The van der Waals surface area contributed by atoms with Gasteiger partial charge in [0.25, 0.3) is 5.91 Å². The highest BCUT2D eigenvalue weighted by Gasteiger charge is 2.17. The number of hydrogen-bond acceptors (Lipinski definition) is 3. The zero-order valence-electron chi connectivity index (χ0n) is 15.0. The van der Waals surface area contributed by atoms with E-state index in [-0.39, 0.29) is 5.91 Å². The molecule has 132 valence electrons. The van der Waals surface area contributed by atoms with E-state index in [4.69, 9.17) is 4.74 Å². The molecule has 1 atom stereocenters. The van der Waals surface area contributed by atoms with E-state index in [2.05, 4.69) is 29.3 Å². The number of amides is 1. The lowest BCUT2D eigenvalue weighted by Crippen LogP contribution is -2.30. The Morgan fingerprint density at radius 3 is 2.48 bits per heavy atom. The summed E-state index contributed by atoms with van der Waals surface area (Å²) in [6.07, 6.45) is 2.84. The molecule has 1 fully saturated rings. The third-order valence-electron chi connectivity index (χ3n) is 4.63. The van der Waals surface area contributed by atoms with Crippen molar-refractivity contribution in [1.82, 2.24) is 0 Å². The van der Waals surface area contributed by atoms with Crippen molar-refractivity contribution in [1.29, 1.82) is 0 Å². The zero-order chi connectivity index (χ0) is 17.6. The lowest BCUT2D eigenvalue weighted by molar-refractivity contribution is -0.122. The summed E-state index contributed by atoms with van der Waals surface area (Å²) in [5.41, 5.74) is 3.13. The number of ether oxygens (including phenoxy) is 1. The second-order valence-corrected chi connectivity index (χ2v) is 6.45. The van der Waals surface area contributed by atoms with Gasteiger partial charge in [-0.2, -0.15) is 0 Å². The van der Waals surface area contributed by atoms with E-state index in [0.29, 0.717) is 0 Å². The minimum absolute atomic E-state index is 0.139. The normalized spacial score (nSPS) is 15.0. The average molecular weight is 338 g/mol. The molecular weight excluding hydrogens is 312 g/mol. The largest absolute Gasteiger partial charge is 0.481 e. The Morgan fingerprint density at radius 1 is 1.12 bits per heavy atom. The highest BCUT2D eigenvalue weighted by atomic mass is 16.5. The van der Waals surface area contributed by atoms with Crippen molar-refractivity contribution in [3.05, 3.63) is 54.1 Å². The first-order valence-electron chi connectivity index (χ1n) is 9.08. The number of rotatable bonds is 6. The topological polar surface area (TPSA) is 41.6 Å². The zero-order valence-corrected chi connectivity index (χ0v) is 15.0. The van der Waals surface area contributed by atoms with Gasteiger partial charge in [-0.15, -0.1) is 0 Å². The van der Waals surface area contributed by atoms with Crippen LogP contribution < -0.4 is 15.0 Å². The smallest absolute Gasteiger partial charge is 0.265 e. The summed E-state index contributed by atoms with van der Waals surface area (Å²) in [5, 5.41) is 2.93. The highest BCUT2D eigenvalue weighted by molar-refractivity contribution is 5.94. The van der Waals surface area contributed by atoms with Crippen LogP contribution in [-0.4, -0.2) is 25.1 Å². The van der Waals surface area contributed by atoms with Crippen LogP contribution in [0, 0.1) is 0 Å². The maximum Gasteiger partial charge on any atom is 0.265 e. The molecule has 1 heterocycles. The Hall–Kier alpha value is -2.49. The SMILES string of the molecule is CCc1ccccc1O[C@@H](C)C(=O)Nc1ccc(N2CCCC2)cc1. The lowest BCUT2D eigenvalue weighted by atomic mass is 10.1. The molecule has 2 aromatic carbocycles. The van der Waals surface area contributed by atoms with E-state index in [1.54, 1.807) is 6.92 Å². The minimum atomic E-state index is -0.550. The Bertz CT molecular complexity index is 706. The molecule has 1 saturated heterocycles. The first-order valence-corrected chi connectivity index (χ1v) is 9.08. The number of anilines is 2. The number of nitrogens with zero attached hydrogens (tertiary/aromatic N) is 1. The summed E-state index contributed by atoms with van der Waals surface area (Å²) in [6, 6.07) is 15.9. The van der Waals surface area contributed by atoms with Crippen molar-refractivity contribution in [3.8, 4) is 5.75 Å². The molecule has 0 saturated carbocycles. The van der Waals surface area contributed by atoms with Crippen LogP contribution in [0.5, 0.6) is 5.75 Å². The van der Waals surface area contributed by atoms with E-state index in [1.807, 2.05) is 36.4 Å². The van der Waals surface area contributed by atoms with Crippen molar-refractivity contribution in [2.45, 2.75) is 39.2 Å². The predicted molar refractivity (Wildman–Crippen MR) is 102 cm³/mol. The Morgan fingerprint density at radius 2 is 1.80 bits per heavy atom. The van der Waals surface area contributed by atoms with Crippen LogP contribution in [0.15, 0.2) is 48.5 Å². The summed E-state index contributed by atoms with van der Waals surface area (Å²) >= 11 is 0. The van der Waals surface area contributed by atoms with Crippen LogP contribution in [0.25, 0.3) is 0 Å². The molecule has 1 amide bonds. The second kappa shape index (κ2) is 8.06. The van der Waals surface area contributed by atoms with Gasteiger partial charge < -0.3 is 15.0 Å². The molecule has 3 rings (SSSR count). The maximum absolute atomic E-state index is 12.4. The molecule has 4 nitrogen and oxygen atoms in total. The van der Waals surface area contributed by atoms with Crippen LogP contribution in [-0.2, 0) is 11.2 Å². The number of hydrogen-bond donors (Lipinski definition) is 1. The van der Waals surface area contributed by atoms with Gasteiger partial charge in [-0.1, -0.05) is 25.1 Å². The fourth-order valence-corrected chi connectivity index (χ4v) is 3.13. The van der Waals surface area contributed by atoms with E-state index in [9.17, 15) is 4.79 Å². The number of aryl methyl sites for hydroxylation is 1. The van der Waals surface area contributed by atoms with E-state index < -0.39 is 6.10 Å². The quantitative estimate of drug-likeness (QED) is 0.856.